The van der Waals surface area contributed by atoms with Gasteiger partial charge in [-0.15, -0.1) is 0 Å². The molecule has 2 amide bonds. The van der Waals surface area contributed by atoms with Crippen molar-refractivity contribution in [2.24, 2.45) is 0 Å². The van der Waals surface area contributed by atoms with E-state index >= 15 is 0 Å². The Morgan fingerprint density at radius 1 is 1.19 bits per heavy atom. The molecule has 8 heteroatoms. The van der Waals surface area contributed by atoms with Crippen LogP contribution in [0.5, 0.6) is 0 Å². The fourth-order valence-corrected chi connectivity index (χ4v) is 2.44. The van der Waals surface area contributed by atoms with E-state index in [1.807, 2.05) is 0 Å². The molecule has 0 aliphatic rings. The Balaban J connectivity index is 1.98. The summed E-state index contributed by atoms with van der Waals surface area (Å²) in [6.07, 6.45) is 0.874. The lowest BCUT2D eigenvalue weighted by Crippen LogP contribution is -2.27. The lowest BCUT2D eigenvalue weighted by atomic mass is 9.98. The molecule has 0 saturated carbocycles. The normalized spacial score (nSPS) is 12.4. The largest absolute Gasteiger partial charge is 0.444 e. The van der Waals surface area contributed by atoms with Crippen molar-refractivity contribution in [3.05, 3.63) is 35.3 Å². The van der Waals surface area contributed by atoms with Crippen LogP contribution in [-0.4, -0.2) is 27.7 Å². The van der Waals surface area contributed by atoms with Crippen LogP contribution < -0.4 is 10.6 Å². The van der Waals surface area contributed by atoms with Gasteiger partial charge in [0, 0.05) is 5.56 Å². The first-order valence-electron chi connectivity index (χ1n) is 8.26. The van der Waals surface area contributed by atoms with Crippen LogP contribution in [0.2, 0.25) is 0 Å². The zero-order valence-electron chi connectivity index (χ0n) is 15.8. The summed E-state index contributed by atoms with van der Waals surface area (Å²) in [4.78, 5) is 28.3. The molecule has 1 unspecified atom stereocenters. The summed E-state index contributed by atoms with van der Waals surface area (Å²) in [7, 11) is 0. The second kappa shape index (κ2) is 7.55. The summed E-state index contributed by atoms with van der Waals surface area (Å²) in [5, 5.41) is 9.19. The Morgan fingerprint density at radius 3 is 2.38 bits per heavy atom. The molecule has 0 aliphatic heterocycles. The monoisotopic (exact) mass is 360 g/mol. The number of aromatic nitrogens is 2. The van der Waals surface area contributed by atoms with Crippen LogP contribution >= 0.6 is 0 Å². The first-order valence-corrected chi connectivity index (χ1v) is 8.26. The van der Waals surface area contributed by atoms with Crippen LogP contribution in [-0.2, 0) is 9.53 Å². The number of carbonyl (C=O) groups is 2. The predicted octanol–water partition coefficient (Wildman–Crippen LogP) is 3.78. The van der Waals surface area contributed by atoms with Gasteiger partial charge in [-0.2, -0.15) is 0 Å². The SMILES string of the molecule is Cc1noc(C)c1C(C)C(=O)Nc1ccc(NC(=O)OC(C)(C)C)nc1. The van der Waals surface area contributed by atoms with E-state index in [2.05, 4.69) is 20.8 Å². The van der Waals surface area contributed by atoms with Gasteiger partial charge in [-0.25, -0.2) is 9.78 Å². The Morgan fingerprint density at radius 2 is 1.88 bits per heavy atom. The summed E-state index contributed by atoms with van der Waals surface area (Å²) in [6, 6.07) is 3.23. The molecule has 1 atom stereocenters. The topological polar surface area (TPSA) is 106 Å². The number of carbonyl (C=O) groups excluding carboxylic acids is 2. The fourth-order valence-electron chi connectivity index (χ4n) is 2.44. The fraction of sp³-hybridized carbons (Fsp3) is 0.444. The molecule has 0 aromatic carbocycles. The van der Waals surface area contributed by atoms with Crippen molar-refractivity contribution in [2.45, 2.75) is 53.1 Å². The van der Waals surface area contributed by atoms with Crippen LogP contribution in [0.1, 0.15) is 50.6 Å². The van der Waals surface area contributed by atoms with Crippen LogP contribution in [0.4, 0.5) is 16.3 Å². The first kappa shape index (κ1) is 19.4. The molecule has 140 valence electrons. The third-order valence-corrected chi connectivity index (χ3v) is 3.57. The number of rotatable bonds is 4. The Bertz CT molecular complexity index is 771. The maximum absolute atomic E-state index is 12.4. The highest BCUT2D eigenvalue weighted by atomic mass is 16.6. The Labute approximate surface area is 152 Å². The van der Waals surface area contributed by atoms with Crippen molar-refractivity contribution in [1.82, 2.24) is 10.1 Å². The zero-order valence-corrected chi connectivity index (χ0v) is 15.8. The second-order valence-corrected chi connectivity index (χ2v) is 7.01. The molecule has 2 heterocycles. The maximum Gasteiger partial charge on any atom is 0.413 e. The number of pyridine rings is 1. The molecule has 0 aliphatic carbocycles. The van der Waals surface area contributed by atoms with Gasteiger partial charge in [-0.05, 0) is 53.7 Å². The van der Waals surface area contributed by atoms with Crippen LogP contribution in [0.25, 0.3) is 0 Å². The van der Waals surface area contributed by atoms with Gasteiger partial charge in [0.1, 0.15) is 17.2 Å². The van der Waals surface area contributed by atoms with Crippen molar-refractivity contribution in [3.63, 3.8) is 0 Å². The van der Waals surface area contributed by atoms with E-state index in [1.54, 1.807) is 53.7 Å². The lowest BCUT2D eigenvalue weighted by molar-refractivity contribution is -0.117. The highest BCUT2D eigenvalue weighted by molar-refractivity contribution is 5.96. The molecule has 0 fully saturated rings. The summed E-state index contributed by atoms with van der Waals surface area (Å²) in [5.74, 6) is 0.339. The summed E-state index contributed by atoms with van der Waals surface area (Å²) in [6.45, 7) is 10.7. The van der Waals surface area contributed by atoms with E-state index in [0.717, 1.165) is 5.56 Å². The molecule has 2 N–H and O–H groups in total. The molecular weight excluding hydrogens is 336 g/mol. The minimum atomic E-state index is -0.591. The minimum absolute atomic E-state index is 0.200. The molecular formula is C18H24N4O4. The average molecular weight is 360 g/mol. The second-order valence-electron chi connectivity index (χ2n) is 7.01. The Hall–Kier alpha value is -2.90. The van der Waals surface area contributed by atoms with Crippen molar-refractivity contribution < 1.29 is 18.8 Å². The predicted molar refractivity (Wildman–Crippen MR) is 97.1 cm³/mol. The number of anilines is 2. The standard InChI is InChI=1S/C18H24N4O4/c1-10(15-11(2)22-26-12(15)3)16(23)20-13-7-8-14(19-9-13)21-17(24)25-18(4,5)6/h7-10H,1-6H3,(H,20,23)(H,19,21,24). The summed E-state index contributed by atoms with van der Waals surface area (Å²) in [5.41, 5.74) is 1.40. The highest BCUT2D eigenvalue weighted by Gasteiger charge is 2.23. The molecule has 2 aromatic heterocycles. The van der Waals surface area contributed by atoms with Crippen molar-refractivity contribution in [1.29, 1.82) is 0 Å². The first-order chi connectivity index (χ1) is 12.1. The van der Waals surface area contributed by atoms with Gasteiger partial charge in [0.25, 0.3) is 0 Å². The lowest BCUT2D eigenvalue weighted by Gasteiger charge is -2.19. The van der Waals surface area contributed by atoms with E-state index < -0.39 is 17.6 Å². The van der Waals surface area contributed by atoms with E-state index in [-0.39, 0.29) is 5.91 Å². The van der Waals surface area contributed by atoms with Gasteiger partial charge in [-0.1, -0.05) is 5.16 Å². The molecule has 0 spiro atoms. The molecule has 26 heavy (non-hydrogen) atoms. The number of nitrogens with zero attached hydrogens (tertiary/aromatic N) is 2. The number of hydrogen-bond acceptors (Lipinski definition) is 6. The molecule has 0 saturated heterocycles. The summed E-state index contributed by atoms with van der Waals surface area (Å²) < 4.78 is 10.3. The van der Waals surface area contributed by atoms with E-state index in [0.29, 0.717) is 23.0 Å². The number of nitrogens with one attached hydrogen (secondary N) is 2. The highest BCUT2D eigenvalue weighted by Crippen LogP contribution is 2.24. The third-order valence-electron chi connectivity index (χ3n) is 3.57. The van der Waals surface area contributed by atoms with Crippen molar-refractivity contribution in [2.75, 3.05) is 10.6 Å². The molecule has 2 aromatic rings. The minimum Gasteiger partial charge on any atom is -0.444 e. The maximum atomic E-state index is 12.4. The Kier molecular flexibility index (Phi) is 5.64. The molecule has 8 nitrogen and oxygen atoms in total. The van der Waals surface area contributed by atoms with Crippen LogP contribution in [0.15, 0.2) is 22.9 Å². The van der Waals surface area contributed by atoms with Gasteiger partial charge < -0.3 is 14.6 Å². The van der Waals surface area contributed by atoms with Gasteiger partial charge >= 0.3 is 6.09 Å². The van der Waals surface area contributed by atoms with Crippen molar-refractivity contribution in [3.8, 4) is 0 Å². The molecule has 0 radical (unpaired) electrons. The average Bonchev–Trinajstić information content (AvgIpc) is 2.85. The van der Waals surface area contributed by atoms with E-state index in [1.165, 1.54) is 6.20 Å². The van der Waals surface area contributed by atoms with Gasteiger partial charge in [0.2, 0.25) is 5.91 Å². The molecule has 2 rings (SSSR count). The molecule has 0 bridgehead atoms. The van der Waals surface area contributed by atoms with Gasteiger partial charge in [0.05, 0.1) is 23.5 Å². The van der Waals surface area contributed by atoms with E-state index in [9.17, 15) is 9.59 Å². The number of ether oxygens (including phenoxy) is 1. The summed E-state index contributed by atoms with van der Waals surface area (Å²) >= 11 is 0. The zero-order chi connectivity index (χ0) is 19.5. The third kappa shape index (κ3) is 5.05. The quantitative estimate of drug-likeness (QED) is 0.859. The van der Waals surface area contributed by atoms with Gasteiger partial charge in [-0.3, -0.25) is 10.1 Å². The van der Waals surface area contributed by atoms with Crippen LogP contribution in [0, 0.1) is 13.8 Å². The number of hydrogen-bond donors (Lipinski definition) is 2. The van der Waals surface area contributed by atoms with Gasteiger partial charge in [0.15, 0.2) is 0 Å². The number of amides is 2. The van der Waals surface area contributed by atoms with Crippen LogP contribution in [0.3, 0.4) is 0 Å². The number of aryl methyl sites for hydroxylation is 2. The van der Waals surface area contributed by atoms with E-state index in [4.69, 9.17) is 9.26 Å². The van der Waals surface area contributed by atoms with Crippen molar-refractivity contribution >= 4 is 23.5 Å². The smallest absolute Gasteiger partial charge is 0.413 e.